The molecule has 7 atom stereocenters. The summed E-state index contributed by atoms with van der Waals surface area (Å²) in [5.41, 5.74) is 34.7. The second-order valence-electron chi connectivity index (χ2n) is 17.9. The first-order valence-corrected chi connectivity index (χ1v) is 24.9. The molecule has 0 fully saturated rings. The van der Waals surface area contributed by atoms with Crippen molar-refractivity contribution in [2.45, 2.75) is 139 Å². The molecule has 2 aromatic rings. The van der Waals surface area contributed by atoms with Crippen LogP contribution in [0.15, 0.2) is 54.6 Å². The van der Waals surface area contributed by atoms with Gasteiger partial charge in [-0.2, -0.15) is 0 Å². The monoisotopic (exact) mass is 1040 g/mol. The molecule has 0 bridgehead atoms. The van der Waals surface area contributed by atoms with E-state index in [9.17, 15) is 48.3 Å². The number of phenolic OH excluding ortho intramolecular Hbond substituents is 1. The average Bonchev–Trinajstić information content (AvgIpc) is 3.35. The topological polar surface area (TPSA) is 450 Å². The van der Waals surface area contributed by atoms with Gasteiger partial charge in [0.2, 0.25) is 47.3 Å². The maximum atomic E-state index is 14.2. The number of primary amides is 1. The van der Waals surface area contributed by atoms with Crippen molar-refractivity contribution in [3.05, 3.63) is 65.7 Å². The van der Waals surface area contributed by atoms with Gasteiger partial charge >= 0.3 is 0 Å². The highest BCUT2D eigenvalue weighted by atomic mass is 16.3. The van der Waals surface area contributed by atoms with Gasteiger partial charge in [-0.25, -0.2) is 0 Å². The van der Waals surface area contributed by atoms with Crippen molar-refractivity contribution >= 4 is 59.0 Å². The van der Waals surface area contributed by atoms with E-state index in [1.807, 2.05) is 0 Å². The standard InChI is InChI=1S/C49H79N15O10/c1-30(65)35(14-5-8-22-50)60-47(73)40(27-32-18-20-33(66)21-19-32)63-45(71)37(15-6-9-23-51)59-42(68)29-58-44(70)36(17-11-25-57-49(55)56)62-48(74)39(26-31-12-3-2-4-13-31)64-46(72)38(16-7-10-24-52)61-43(69)34(53)28-41(54)67/h2-4,12-13,18-21,34-40,66H,5-11,14-17,22-29,50-53H2,1H3,(H2,54,67)(H,58,70)(H,59,68)(H,60,73)(H,61,69)(H,62,74)(H,63,71)(H,64,72)(H4,55,56,57)/t34-,35-,36-,37-,38-,39-,40-/m0/s1. The van der Waals surface area contributed by atoms with E-state index in [4.69, 9.17) is 39.8 Å². The van der Waals surface area contributed by atoms with Crippen LogP contribution < -0.4 is 76.9 Å². The second kappa shape index (κ2) is 35.0. The predicted molar refractivity (Wildman–Crippen MR) is 277 cm³/mol. The molecule has 8 amide bonds. The Morgan fingerprint density at radius 1 is 0.514 bits per heavy atom. The van der Waals surface area contributed by atoms with Crippen LogP contribution in [0.4, 0.5) is 0 Å². The number of carbonyl (C=O) groups is 9. The second-order valence-corrected chi connectivity index (χ2v) is 17.9. The van der Waals surface area contributed by atoms with Gasteiger partial charge in [-0.15, -0.1) is 0 Å². The smallest absolute Gasteiger partial charge is 0.243 e. The van der Waals surface area contributed by atoms with Gasteiger partial charge in [0.15, 0.2) is 11.7 Å². The highest BCUT2D eigenvalue weighted by Gasteiger charge is 2.33. The number of ketones is 1. The van der Waals surface area contributed by atoms with Crippen molar-refractivity contribution < 1.29 is 48.3 Å². The van der Waals surface area contributed by atoms with E-state index in [0.29, 0.717) is 69.2 Å². The minimum atomic E-state index is -1.35. The van der Waals surface area contributed by atoms with Gasteiger partial charge in [0.1, 0.15) is 36.0 Å². The van der Waals surface area contributed by atoms with Crippen LogP contribution >= 0.6 is 0 Å². The third-order valence-corrected chi connectivity index (χ3v) is 11.7. The summed E-state index contributed by atoms with van der Waals surface area (Å²) in [6.07, 6.45) is 3.00. The van der Waals surface area contributed by atoms with Crippen molar-refractivity contribution in [2.75, 3.05) is 32.7 Å². The van der Waals surface area contributed by atoms with Gasteiger partial charge in [-0.1, -0.05) is 42.5 Å². The molecule has 25 heteroatoms. The molecule has 410 valence electrons. The van der Waals surface area contributed by atoms with Crippen molar-refractivity contribution in [1.82, 2.24) is 42.5 Å². The van der Waals surface area contributed by atoms with E-state index >= 15 is 0 Å². The number of benzene rings is 2. The van der Waals surface area contributed by atoms with Gasteiger partial charge in [0.05, 0.1) is 25.0 Å². The summed E-state index contributed by atoms with van der Waals surface area (Å²) in [6, 6.07) is 6.08. The number of hydrogen-bond donors (Lipinski definition) is 16. The lowest BCUT2D eigenvalue weighted by Gasteiger charge is -2.26. The van der Waals surface area contributed by atoms with E-state index in [1.54, 1.807) is 42.5 Å². The first-order chi connectivity index (χ1) is 35.3. The zero-order valence-corrected chi connectivity index (χ0v) is 42.3. The van der Waals surface area contributed by atoms with Gasteiger partial charge in [0, 0.05) is 19.4 Å². The molecule has 2 aromatic carbocycles. The summed E-state index contributed by atoms with van der Waals surface area (Å²) in [4.78, 5) is 120. The van der Waals surface area contributed by atoms with E-state index in [1.165, 1.54) is 19.1 Å². The molecule has 0 spiro atoms. The van der Waals surface area contributed by atoms with Crippen LogP contribution in [0.5, 0.6) is 5.75 Å². The fourth-order valence-electron chi connectivity index (χ4n) is 7.54. The van der Waals surface area contributed by atoms with Gasteiger partial charge in [0.25, 0.3) is 0 Å². The van der Waals surface area contributed by atoms with E-state index in [-0.39, 0.29) is 69.1 Å². The van der Waals surface area contributed by atoms with Crippen LogP contribution in [-0.2, 0) is 56.0 Å². The number of carbonyl (C=O) groups excluding carboxylic acids is 9. The molecule has 0 saturated carbocycles. The Kier molecular flexibility index (Phi) is 29.8. The van der Waals surface area contributed by atoms with Crippen LogP contribution in [0.1, 0.15) is 95.1 Å². The number of unbranched alkanes of at least 4 members (excludes halogenated alkanes) is 3. The third kappa shape index (κ3) is 25.4. The number of Topliss-reactive ketones (excluding diaryl/α,β-unsaturated/α-hetero) is 1. The molecule has 25 nitrogen and oxygen atoms in total. The van der Waals surface area contributed by atoms with E-state index in [0.717, 1.165) is 0 Å². The summed E-state index contributed by atoms with van der Waals surface area (Å²) >= 11 is 0. The lowest BCUT2D eigenvalue weighted by atomic mass is 10.0. The van der Waals surface area contributed by atoms with Crippen LogP contribution in [0.3, 0.4) is 0 Å². The van der Waals surface area contributed by atoms with Crippen LogP contribution in [-0.4, -0.2) is 139 Å². The molecule has 74 heavy (non-hydrogen) atoms. The fraction of sp³-hybridized carbons (Fsp3) is 0.551. The maximum Gasteiger partial charge on any atom is 0.243 e. The van der Waals surface area contributed by atoms with E-state index in [2.05, 4.69) is 42.5 Å². The fourth-order valence-corrected chi connectivity index (χ4v) is 7.54. The zero-order chi connectivity index (χ0) is 55.0. The SMILES string of the molecule is CC(=O)[C@H](CCCCN)NC(=O)[C@H](Cc1ccc(O)cc1)NC(=O)[C@H](CCCCN)NC(=O)CNC(=O)[C@H](CCCNC(=N)N)NC(=O)[C@H](Cc1ccccc1)NC(=O)[C@H](CCCCN)NC(=O)[C@@H](N)CC(N)=O. The molecular formula is C49H79N15O10. The number of nitrogens with one attached hydrogen (secondary N) is 9. The predicted octanol–water partition coefficient (Wildman–Crippen LogP) is -3.36. The molecule has 0 aliphatic carbocycles. The van der Waals surface area contributed by atoms with Crippen LogP contribution in [0, 0.1) is 5.41 Å². The van der Waals surface area contributed by atoms with Crippen molar-refractivity contribution in [2.24, 2.45) is 34.4 Å². The quantitative estimate of drug-likeness (QED) is 0.0179. The molecule has 0 aliphatic rings. The summed E-state index contributed by atoms with van der Waals surface area (Å²) < 4.78 is 0. The molecule has 0 aliphatic heterocycles. The number of hydrogen-bond acceptors (Lipinski definition) is 15. The Balaban J connectivity index is 2.38. The van der Waals surface area contributed by atoms with Gasteiger partial charge in [-0.3, -0.25) is 48.6 Å². The Morgan fingerprint density at radius 2 is 0.932 bits per heavy atom. The lowest BCUT2D eigenvalue weighted by molar-refractivity contribution is -0.135. The molecule has 0 saturated heterocycles. The molecule has 2 rings (SSSR count). The first kappa shape index (κ1) is 62.9. The highest BCUT2D eigenvalue weighted by Crippen LogP contribution is 2.14. The Labute approximate surface area is 431 Å². The summed E-state index contributed by atoms with van der Waals surface area (Å²) in [5.74, 6) is -6.91. The van der Waals surface area contributed by atoms with E-state index < -0.39 is 103 Å². The Hall–Kier alpha value is -7.22. The normalized spacial score (nSPS) is 13.7. The summed E-state index contributed by atoms with van der Waals surface area (Å²) in [7, 11) is 0. The minimum Gasteiger partial charge on any atom is -0.508 e. The first-order valence-electron chi connectivity index (χ1n) is 24.9. The number of guanidine groups is 1. The number of phenols is 1. The maximum absolute atomic E-state index is 14.2. The van der Waals surface area contributed by atoms with Crippen molar-refractivity contribution in [3.63, 3.8) is 0 Å². The number of aromatic hydroxyl groups is 1. The third-order valence-electron chi connectivity index (χ3n) is 11.7. The largest absolute Gasteiger partial charge is 0.508 e. The number of rotatable bonds is 37. The molecular weight excluding hydrogens is 959 g/mol. The Bertz CT molecular complexity index is 2130. The van der Waals surface area contributed by atoms with Crippen molar-refractivity contribution in [3.8, 4) is 5.75 Å². The summed E-state index contributed by atoms with van der Waals surface area (Å²) in [6.45, 7) is 1.77. The van der Waals surface area contributed by atoms with Crippen molar-refractivity contribution in [1.29, 1.82) is 5.41 Å². The Morgan fingerprint density at radius 3 is 1.42 bits per heavy atom. The van der Waals surface area contributed by atoms with Gasteiger partial charge in [-0.05, 0) is 120 Å². The molecule has 22 N–H and O–H groups in total. The number of nitrogens with two attached hydrogens (primary N) is 6. The number of amides is 8. The molecule has 0 aromatic heterocycles. The molecule has 0 unspecified atom stereocenters. The zero-order valence-electron chi connectivity index (χ0n) is 42.3. The average molecular weight is 1040 g/mol. The lowest BCUT2D eigenvalue weighted by Crippen LogP contribution is -2.59. The minimum absolute atomic E-state index is 0.0195. The van der Waals surface area contributed by atoms with Gasteiger partial charge < -0.3 is 82.0 Å². The van der Waals surface area contributed by atoms with Crippen LogP contribution in [0.2, 0.25) is 0 Å². The molecule has 0 heterocycles. The summed E-state index contributed by atoms with van der Waals surface area (Å²) in [5, 5.41) is 38.5. The molecule has 0 radical (unpaired) electrons. The van der Waals surface area contributed by atoms with Crippen LogP contribution in [0.25, 0.3) is 0 Å². The highest BCUT2D eigenvalue weighted by molar-refractivity contribution is 5.97.